The molecule has 0 unspecified atom stereocenters. The Morgan fingerprint density at radius 1 is 1.00 bits per heavy atom. The Morgan fingerprint density at radius 3 is 1.40 bits per heavy atom. The first-order valence-electron chi connectivity index (χ1n) is 3.17. The van der Waals surface area contributed by atoms with Gasteiger partial charge in [-0.15, -0.1) is 0 Å². The van der Waals surface area contributed by atoms with Crippen LogP contribution in [0.4, 0.5) is 0 Å². The van der Waals surface area contributed by atoms with E-state index in [0.717, 1.165) is 0 Å². The Morgan fingerprint density at radius 2 is 1.30 bits per heavy atom. The van der Waals surface area contributed by atoms with Gasteiger partial charge in [-0.05, 0) is 0 Å². The summed E-state index contributed by atoms with van der Waals surface area (Å²) in [5, 5.41) is 0. The van der Waals surface area contributed by atoms with Gasteiger partial charge in [0.05, 0.1) is 0 Å². The molecule has 2 heteroatoms. The van der Waals surface area contributed by atoms with Crippen LogP contribution >= 0.6 is 0 Å². The van der Waals surface area contributed by atoms with Gasteiger partial charge in [-0.1, -0.05) is 19.6 Å². The van der Waals surface area contributed by atoms with Crippen molar-refractivity contribution >= 4 is 8.80 Å². The molecule has 55 valence electrons. The third-order valence-electron chi connectivity index (χ3n) is 0.556. The van der Waals surface area contributed by atoms with E-state index in [1.54, 1.807) is 0 Å². The van der Waals surface area contributed by atoms with Crippen LogP contribution in [0.3, 0.4) is 0 Å². The molecule has 0 N–H and O–H groups in total. The normalized spacial score (nSPS) is 7.60. The molecule has 1 rings (SSSR count). The van der Waals surface area contributed by atoms with E-state index in [1.807, 2.05) is 30.3 Å². The van der Waals surface area contributed by atoms with Crippen LogP contribution in [0.1, 0.15) is 0 Å². The molecule has 0 aliphatic heterocycles. The monoisotopic (exact) mass is 228 g/mol. The van der Waals surface area contributed by atoms with E-state index in [-0.39, 0.29) is 35.0 Å². The van der Waals surface area contributed by atoms with Crippen LogP contribution < -0.4 is 0 Å². The van der Waals surface area contributed by atoms with Gasteiger partial charge in [-0.25, -0.2) is 12.1 Å². The van der Waals surface area contributed by atoms with Gasteiger partial charge in [0.1, 0.15) is 0 Å². The summed E-state index contributed by atoms with van der Waals surface area (Å²) in [6.07, 6.45) is 0. The molecule has 1 aromatic rings. The van der Waals surface area contributed by atoms with Gasteiger partial charge in [-0.3, -0.25) is 0 Å². The maximum absolute atomic E-state index is 2.27. The van der Waals surface area contributed by atoms with Crippen LogP contribution in [0.2, 0.25) is 19.6 Å². The molecule has 0 saturated heterocycles. The molecule has 1 radical (unpaired) electrons. The Hall–Kier alpha value is 0.450. The second-order valence-corrected chi connectivity index (χ2v) is 5.46. The van der Waals surface area contributed by atoms with Crippen LogP contribution in [0, 0.1) is 0 Å². The van der Waals surface area contributed by atoms with E-state index in [9.17, 15) is 0 Å². The zero-order valence-corrected chi connectivity index (χ0v) is 10.3. The van der Waals surface area contributed by atoms with Crippen LogP contribution in [0.15, 0.2) is 30.3 Å². The SMILES string of the molecule is C[Si](C)C.[Zr].c1cc[cH-]c1. The molecule has 0 nitrogen and oxygen atoms in total. The van der Waals surface area contributed by atoms with Crippen LogP contribution in [-0.4, -0.2) is 8.80 Å². The smallest absolute Gasteiger partial charge is 0.0379 e. The Kier molecular flexibility index (Phi) is 12.4. The van der Waals surface area contributed by atoms with Crippen LogP contribution in [-0.2, 0) is 26.2 Å². The van der Waals surface area contributed by atoms with Crippen LogP contribution in [0.5, 0.6) is 0 Å². The number of rotatable bonds is 0. The molecule has 0 bridgehead atoms. The molecule has 10 heavy (non-hydrogen) atoms. The number of hydrogen-bond acceptors (Lipinski definition) is 0. The van der Waals surface area contributed by atoms with Gasteiger partial charge in [0.25, 0.3) is 0 Å². The fraction of sp³-hybridized carbons (Fsp3) is 0.375. The molecule has 0 aromatic heterocycles. The van der Waals surface area contributed by atoms with Gasteiger partial charge in [0.2, 0.25) is 0 Å². The van der Waals surface area contributed by atoms with Gasteiger partial charge in [0, 0.05) is 35.0 Å². The first-order chi connectivity index (χ1) is 4.23. The van der Waals surface area contributed by atoms with Gasteiger partial charge < -0.3 is 0 Å². The molecular weight excluding hydrogens is 215 g/mol. The van der Waals surface area contributed by atoms with Gasteiger partial charge >= 0.3 is 0 Å². The summed E-state index contributed by atoms with van der Waals surface area (Å²) < 4.78 is 0. The molecule has 0 saturated carbocycles. The molecule has 1 aromatic carbocycles. The fourth-order valence-corrected chi connectivity index (χ4v) is 0.321. The van der Waals surface area contributed by atoms with Crippen molar-refractivity contribution in [3.05, 3.63) is 30.3 Å². The molecule has 0 amide bonds. The average molecular weight is 230 g/mol. The predicted octanol–water partition coefficient (Wildman–Crippen LogP) is 2.77. The molecule has 0 aliphatic rings. The Balaban J connectivity index is 0. The molecule has 0 atom stereocenters. The second kappa shape index (κ2) is 9.45. The van der Waals surface area contributed by atoms with E-state index in [0.29, 0.717) is 0 Å². The van der Waals surface area contributed by atoms with Crippen molar-refractivity contribution in [3.8, 4) is 0 Å². The van der Waals surface area contributed by atoms with Crippen molar-refractivity contribution < 1.29 is 26.2 Å². The van der Waals surface area contributed by atoms with Crippen molar-refractivity contribution in [3.63, 3.8) is 0 Å². The standard InChI is InChI=1S/C5H5.C3H9Si.Zr/c1-2-4-5-3-1;1-4(2)3;/h1-5H;1-3H3;/q-1;;. The fourth-order valence-electron chi connectivity index (χ4n) is 0.321. The first-order valence-corrected chi connectivity index (χ1v) is 6.17. The summed E-state index contributed by atoms with van der Waals surface area (Å²) in [5.41, 5.74) is 0. The maximum Gasteiger partial charge on any atom is 0.0379 e. The van der Waals surface area contributed by atoms with Gasteiger partial charge in [-0.2, -0.15) is 18.2 Å². The second-order valence-electron chi connectivity index (χ2n) is 2.46. The topological polar surface area (TPSA) is 0 Å². The summed E-state index contributed by atoms with van der Waals surface area (Å²) in [5.74, 6) is 0. The maximum atomic E-state index is 2.27. The third kappa shape index (κ3) is 15.8. The minimum absolute atomic E-state index is 0. The van der Waals surface area contributed by atoms with Crippen molar-refractivity contribution in [2.75, 3.05) is 0 Å². The minimum Gasteiger partial charge on any atom is -0.214 e. The predicted molar refractivity (Wildman–Crippen MR) is 45.4 cm³/mol. The van der Waals surface area contributed by atoms with Crippen LogP contribution in [0.25, 0.3) is 0 Å². The molecule has 0 heterocycles. The summed E-state index contributed by atoms with van der Waals surface area (Å²) in [6.45, 7) is 6.81. The van der Waals surface area contributed by atoms with E-state index in [4.69, 9.17) is 0 Å². The van der Waals surface area contributed by atoms with Crippen molar-refractivity contribution in [2.45, 2.75) is 19.6 Å². The Labute approximate surface area is 84.7 Å². The quantitative estimate of drug-likeness (QED) is 0.474. The third-order valence-corrected chi connectivity index (χ3v) is 0.556. The minimum atomic E-state index is 0. The number of hydrogen-bond donors (Lipinski definition) is 0. The Bertz CT molecular complexity index is 92.8. The van der Waals surface area contributed by atoms with Crippen molar-refractivity contribution in [2.24, 2.45) is 0 Å². The zero-order valence-electron chi connectivity index (χ0n) is 6.89. The summed E-state index contributed by atoms with van der Waals surface area (Å²) >= 11 is 0. The van der Waals surface area contributed by atoms with E-state index in [2.05, 4.69) is 19.6 Å². The first kappa shape index (κ1) is 13.1. The van der Waals surface area contributed by atoms with Gasteiger partial charge in [0.15, 0.2) is 0 Å². The average Bonchev–Trinajstić information content (AvgIpc) is 2.11. The molecular formula is C8H14SiZr-. The van der Waals surface area contributed by atoms with Crippen molar-refractivity contribution in [1.29, 1.82) is 0 Å². The van der Waals surface area contributed by atoms with Crippen molar-refractivity contribution in [1.82, 2.24) is 0 Å². The van der Waals surface area contributed by atoms with E-state index < -0.39 is 0 Å². The zero-order chi connectivity index (χ0) is 7.11. The molecule has 0 fully saturated rings. The van der Waals surface area contributed by atoms with E-state index >= 15 is 0 Å². The van der Waals surface area contributed by atoms with E-state index in [1.165, 1.54) is 0 Å². The summed E-state index contributed by atoms with van der Waals surface area (Å²) in [4.78, 5) is 0. The molecule has 0 aliphatic carbocycles. The summed E-state index contributed by atoms with van der Waals surface area (Å²) in [6, 6.07) is 10.0. The molecule has 0 spiro atoms. The summed E-state index contributed by atoms with van der Waals surface area (Å²) in [7, 11) is 0.120. The largest absolute Gasteiger partial charge is 0.214 e.